The summed E-state index contributed by atoms with van der Waals surface area (Å²) in [4.78, 5) is 48.8. The van der Waals surface area contributed by atoms with Crippen molar-refractivity contribution in [2.75, 3.05) is 12.4 Å². The van der Waals surface area contributed by atoms with E-state index >= 15 is 0 Å². The largest absolute Gasteiger partial charge is 0.403 e. The zero-order valence-electron chi connectivity index (χ0n) is 17.5. The van der Waals surface area contributed by atoms with E-state index < -0.39 is 89.8 Å². The first kappa shape index (κ1) is 26.1. The molecule has 0 aliphatic heterocycles. The van der Waals surface area contributed by atoms with Crippen LogP contribution in [0.3, 0.4) is 0 Å². The number of rotatable bonds is 9. The number of carbonyl (C=O) groups is 4. The first-order chi connectivity index (χ1) is 15.1. The van der Waals surface area contributed by atoms with Gasteiger partial charge in [0.25, 0.3) is 11.8 Å². The minimum atomic E-state index is -4.84. The zero-order valence-corrected chi connectivity index (χ0v) is 17.5. The molecule has 3 N–H and O–H groups in total. The number of ketones is 1. The fourth-order valence-corrected chi connectivity index (χ4v) is 3.00. The third-order valence-corrected chi connectivity index (χ3v) is 5.15. The summed E-state index contributed by atoms with van der Waals surface area (Å²) < 4.78 is 79.8. The minimum Gasteiger partial charge on any atom is -0.353 e. The van der Waals surface area contributed by atoms with Crippen molar-refractivity contribution >= 4 is 29.2 Å². The molecule has 0 heterocycles. The summed E-state index contributed by atoms with van der Waals surface area (Å²) in [5.41, 5.74) is -3.76. The number of hydrogen-bond acceptors (Lipinski definition) is 4. The van der Waals surface area contributed by atoms with Crippen molar-refractivity contribution in [1.82, 2.24) is 10.6 Å². The molecule has 0 unspecified atom stereocenters. The summed E-state index contributed by atoms with van der Waals surface area (Å²) >= 11 is 0. The Morgan fingerprint density at radius 3 is 2.18 bits per heavy atom. The van der Waals surface area contributed by atoms with E-state index in [1.54, 1.807) is 0 Å². The molecule has 0 spiro atoms. The van der Waals surface area contributed by atoms with E-state index in [9.17, 15) is 45.5 Å². The first-order valence-electron chi connectivity index (χ1n) is 9.73. The summed E-state index contributed by atoms with van der Waals surface area (Å²) in [6.45, 7) is 0.560. The number of carbonyl (C=O) groups excluding carboxylic acids is 4. The number of Topliss-reactive ketones (excluding diaryl/α,β-unsaturated/α-hetero) is 1. The molecule has 1 atom stereocenters. The number of halogens is 6. The van der Waals surface area contributed by atoms with Crippen LogP contribution in [0.1, 0.15) is 43.0 Å². The average molecular weight is 481 g/mol. The Morgan fingerprint density at radius 2 is 1.70 bits per heavy atom. The second-order valence-corrected chi connectivity index (χ2v) is 7.80. The Labute approximate surface area is 184 Å². The van der Waals surface area contributed by atoms with Crippen LogP contribution in [0.15, 0.2) is 18.2 Å². The molecule has 0 radical (unpaired) electrons. The number of hydrogen-bond donors (Lipinski definition) is 3. The second-order valence-electron chi connectivity index (χ2n) is 7.80. The number of alkyl halides is 5. The molecule has 1 aromatic rings. The third kappa shape index (κ3) is 6.23. The molecule has 7 nitrogen and oxygen atoms in total. The van der Waals surface area contributed by atoms with E-state index in [2.05, 4.69) is 0 Å². The van der Waals surface area contributed by atoms with Crippen LogP contribution in [-0.4, -0.2) is 48.7 Å². The molecule has 13 heteroatoms. The van der Waals surface area contributed by atoms with E-state index in [1.165, 1.54) is 0 Å². The van der Waals surface area contributed by atoms with Crippen molar-refractivity contribution in [3.8, 4) is 0 Å². The molecule has 0 aromatic heterocycles. The van der Waals surface area contributed by atoms with Crippen molar-refractivity contribution in [1.29, 1.82) is 0 Å². The van der Waals surface area contributed by atoms with Crippen molar-refractivity contribution in [2.24, 2.45) is 5.41 Å². The predicted octanol–water partition coefficient (Wildman–Crippen LogP) is 2.96. The smallest absolute Gasteiger partial charge is 0.353 e. The molecule has 1 fully saturated rings. The summed E-state index contributed by atoms with van der Waals surface area (Å²) in [6.07, 6.45) is -7.30. The lowest BCUT2D eigenvalue weighted by molar-refractivity contribution is -0.189. The van der Waals surface area contributed by atoms with Gasteiger partial charge in [-0.05, 0) is 44.4 Å². The zero-order chi connectivity index (χ0) is 25.2. The highest BCUT2D eigenvalue weighted by atomic mass is 19.4. The van der Waals surface area contributed by atoms with Crippen molar-refractivity contribution in [3.63, 3.8) is 0 Å². The molecule has 0 bridgehead atoms. The van der Waals surface area contributed by atoms with Gasteiger partial charge in [-0.2, -0.15) is 13.2 Å². The number of amides is 3. The van der Waals surface area contributed by atoms with Crippen LogP contribution in [-0.2, 0) is 14.4 Å². The maximum Gasteiger partial charge on any atom is 0.403 e. The lowest BCUT2D eigenvalue weighted by atomic mass is 10.0. The fourth-order valence-electron chi connectivity index (χ4n) is 3.00. The predicted molar refractivity (Wildman–Crippen MR) is 103 cm³/mol. The van der Waals surface area contributed by atoms with Gasteiger partial charge in [0, 0.05) is 13.5 Å². The summed E-state index contributed by atoms with van der Waals surface area (Å²) in [5.74, 6) is -9.38. The Hall–Kier alpha value is -3.12. The third-order valence-electron chi connectivity index (χ3n) is 5.15. The molecule has 2 rings (SSSR count). The van der Waals surface area contributed by atoms with Crippen molar-refractivity contribution in [3.05, 3.63) is 29.6 Å². The van der Waals surface area contributed by atoms with Crippen LogP contribution in [0.25, 0.3) is 0 Å². The minimum absolute atomic E-state index is 0.459. The highest BCUT2D eigenvalue weighted by Crippen LogP contribution is 2.58. The Balaban J connectivity index is 2.29. The van der Waals surface area contributed by atoms with Gasteiger partial charge in [0.15, 0.2) is 0 Å². The van der Waals surface area contributed by atoms with Crippen LogP contribution >= 0.6 is 0 Å². The van der Waals surface area contributed by atoms with E-state index in [0.29, 0.717) is 13.0 Å². The molecule has 1 saturated carbocycles. The number of benzene rings is 1. The maximum atomic E-state index is 13.8. The first-order valence-corrected chi connectivity index (χ1v) is 9.73. The van der Waals surface area contributed by atoms with E-state index in [0.717, 1.165) is 19.2 Å². The molecular weight excluding hydrogens is 460 g/mol. The van der Waals surface area contributed by atoms with Gasteiger partial charge in [-0.25, -0.2) is 13.2 Å². The van der Waals surface area contributed by atoms with Gasteiger partial charge >= 0.3 is 6.18 Å². The van der Waals surface area contributed by atoms with Crippen molar-refractivity contribution < 1.29 is 45.5 Å². The van der Waals surface area contributed by atoms with Crippen LogP contribution in [0.2, 0.25) is 0 Å². The molecule has 1 aliphatic carbocycles. The van der Waals surface area contributed by atoms with Crippen LogP contribution in [0, 0.1) is 11.2 Å². The standard InChI is InChI=1S/C20H21F6N3O4/c1-18(22,23)6-5-13(14(30)16(32)27-2)28-15(31)11-9-10(21)3-4-12(11)29-17(33)19(7-8-19)20(24,25)26/h3-4,9,13H,5-8H2,1-2H3,(H,27,32)(H,28,31)(H,29,33)/t13-/m0/s1. The second kappa shape index (κ2) is 9.40. The molecule has 33 heavy (non-hydrogen) atoms. The Morgan fingerprint density at radius 1 is 1.09 bits per heavy atom. The molecule has 182 valence electrons. The lowest BCUT2D eigenvalue weighted by Crippen LogP contribution is -2.47. The summed E-state index contributed by atoms with van der Waals surface area (Å²) in [6, 6.07) is 0.489. The van der Waals surface area contributed by atoms with Gasteiger partial charge in [0.1, 0.15) is 11.2 Å². The van der Waals surface area contributed by atoms with Gasteiger partial charge in [0.2, 0.25) is 17.6 Å². The Kier molecular flexibility index (Phi) is 7.44. The summed E-state index contributed by atoms with van der Waals surface area (Å²) in [7, 11) is 1.10. The highest BCUT2D eigenvalue weighted by molar-refractivity contribution is 6.38. The lowest BCUT2D eigenvalue weighted by Gasteiger charge is -2.21. The van der Waals surface area contributed by atoms with Crippen LogP contribution in [0.4, 0.5) is 32.0 Å². The molecule has 1 aliphatic rings. The van der Waals surface area contributed by atoms with Gasteiger partial charge in [-0.3, -0.25) is 19.2 Å². The van der Waals surface area contributed by atoms with Gasteiger partial charge < -0.3 is 16.0 Å². The average Bonchev–Trinajstić information content (AvgIpc) is 3.52. The van der Waals surface area contributed by atoms with E-state index in [1.807, 2.05) is 16.0 Å². The topological polar surface area (TPSA) is 104 Å². The molecule has 3 amide bonds. The molecule has 1 aromatic carbocycles. The van der Waals surface area contributed by atoms with E-state index in [-0.39, 0.29) is 0 Å². The monoisotopic (exact) mass is 481 g/mol. The van der Waals surface area contributed by atoms with Gasteiger partial charge in [-0.15, -0.1) is 0 Å². The van der Waals surface area contributed by atoms with Gasteiger partial charge in [-0.1, -0.05) is 0 Å². The van der Waals surface area contributed by atoms with Crippen LogP contribution in [0.5, 0.6) is 0 Å². The number of nitrogens with one attached hydrogen (secondary N) is 3. The highest BCUT2D eigenvalue weighted by Gasteiger charge is 2.68. The quantitative estimate of drug-likeness (QED) is 0.373. The number of anilines is 1. The number of likely N-dealkylation sites (N-methyl/N-ethyl adjacent to an activating group) is 1. The fraction of sp³-hybridized carbons (Fsp3) is 0.500. The molecular formula is C20H21F6N3O4. The summed E-state index contributed by atoms with van der Waals surface area (Å²) in [5, 5.41) is 5.96. The van der Waals surface area contributed by atoms with Gasteiger partial charge in [0.05, 0.1) is 17.3 Å². The Bertz CT molecular complexity index is 954. The van der Waals surface area contributed by atoms with E-state index in [4.69, 9.17) is 0 Å². The van der Waals surface area contributed by atoms with Crippen molar-refractivity contribution in [2.45, 2.75) is 50.7 Å². The van der Waals surface area contributed by atoms with Crippen LogP contribution < -0.4 is 16.0 Å². The maximum absolute atomic E-state index is 13.8. The normalized spacial score (nSPS) is 15.9. The SMILES string of the molecule is CNC(=O)C(=O)[C@H](CCC(C)(F)F)NC(=O)c1cc(F)ccc1NC(=O)C1(C(F)(F)F)CC1. The molecule has 0 saturated heterocycles.